The summed E-state index contributed by atoms with van der Waals surface area (Å²) in [7, 11) is 1.81. The standard InChI is InChI=1S/C16H21NO3/c1-3-11-12-9-10(15(18)14-5-4-8-20-14)6-7-13(12)17(2)16(11)19/h6-7,9,11,14-15,18H,3-5,8H2,1-2H3. The first-order valence-corrected chi connectivity index (χ1v) is 7.34. The van der Waals surface area contributed by atoms with E-state index in [1.807, 2.05) is 32.2 Å². The molecule has 0 radical (unpaired) electrons. The molecule has 3 rings (SSSR count). The second-order valence-corrected chi connectivity index (χ2v) is 5.67. The van der Waals surface area contributed by atoms with E-state index < -0.39 is 6.10 Å². The highest BCUT2D eigenvalue weighted by Crippen LogP contribution is 2.40. The van der Waals surface area contributed by atoms with Gasteiger partial charge >= 0.3 is 0 Å². The van der Waals surface area contributed by atoms with Crippen LogP contribution in [0.5, 0.6) is 0 Å². The van der Waals surface area contributed by atoms with E-state index in [9.17, 15) is 9.90 Å². The molecule has 108 valence electrons. The zero-order chi connectivity index (χ0) is 14.3. The largest absolute Gasteiger partial charge is 0.386 e. The first-order valence-electron chi connectivity index (χ1n) is 7.34. The molecule has 0 spiro atoms. The molecule has 1 N–H and O–H groups in total. The van der Waals surface area contributed by atoms with Crippen molar-refractivity contribution >= 4 is 11.6 Å². The van der Waals surface area contributed by atoms with Gasteiger partial charge in [0.25, 0.3) is 0 Å². The van der Waals surface area contributed by atoms with Crippen molar-refractivity contribution in [3.8, 4) is 0 Å². The van der Waals surface area contributed by atoms with Gasteiger partial charge < -0.3 is 14.7 Å². The number of amides is 1. The minimum atomic E-state index is -0.596. The molecule has 0 bridgehead atoms. The van der Waals surface area contributed by atoms with Crippen LogP contribution in [0.25, 0.3) is 0 Å². The van der Waals surface area contributed by atoms with E-state index in [1.54, 1.807) is 4.90 Å². The van der Waals surface area contributed by atoms with E-state index in [1.165, 1.54) is 0 Å². The molecule has 1 fully saturated rings. The summed E-state index contributed by atoms with van der Waals surface area (Å²) in [5.41, 5.74) is 2.86. The SMILES string of the molecule is CCC1C(=O)N(C)c2ccc(C(O)C3CCCO3)cc21. The van der Waals surface area contributed by atoms with Crippen LogP contribution in [0.3, 0.4) is 0 Å². The van der Waals surface area contributed by atoms with Crippen molar-refractivity contribution in [1.29, 1.82) is 0 Å². The maximum absolute atomic E-state index is 12.2. The fraction of sp³-hybridized carbons (Fsp3) is 0.562. The summed E-state index contributed by atoms with van der Waals surface area (Å²) in [6, 6.07) is 5.83. The fourth-order valence-electron chi connectivity index (χ4n) is 3.29. The van der Waals surface area contributed by atoms with Gasteiger partial charge in [-0.05, 0) is 36.5 Å². The molecule has 1 aromatic rings. The molecular weight excluding hydrogens is 254 g/mol. The van der Waals surface area contributed by atoms with Crippen molar-refractivity contribution in [2.24, 2.45) is 0 Å². The molecule has 3 atom stereocenters. The number of benzene rings is 1. The number of aliphatic hydroxyl groups is 1. The lowest BCUT2D eigenvalue weighted by Crippen LogP contribution is -2.23. The summed E-state index contributed by atoms with van der Waals surface area (Å²) in [6.07, 6.45) is 1.99. The van der Waals surface area contributed by atoms with E-state index in [0.29, 0.717) is 0 Å². The summed E-state index contributed by atoms with van der Waals surface area (Å²) >= 11 is 0. The van der Waals surface area contributed by atoms with Gasteiger partial charge in [-0.15, -0.1) is 0 Å². The van der Waals surface area contributed by atoms with Gasteiger partial charge in [-0.25, -0.2) is 0 Å². The Morgan fingerprint density at radius 1 is 1.50 bits per heavy atom. The summed E-state index contributed by atoms with van der Waals surface area (Å²) in [5, 5.41) is 10.4. The quantitative estimate of drug-likeness (QED) is 0.921. The average molecular weight is 275 g/mol. The van der Waals surface area contributed by atoms with Crippen LogP contribution in [0.2, 0.25) is 0 Å². The van der Waals surface area contributed by atoms with Gasteiger partial charge in [0.1, 0.15) is 6.10 Å². The van der Waals surface area contributed by atoms with Crippen LogP contribution >= 0.6 is 0 Å². The van der Waals surface area contributed by atoms with Crippen LogP contribution in [-0.4, -0.2) is 30.8 Å². The average Bonchev–Trinajstić information content (AvgIpc) is 3.07. The molecule has 2 aliphatic heterocycles. The Labute approximate surface area is 119 Å². The molecule has 1 saturated heterocycles. The van der Waals surface area contributed by atoms with Crippen molar-refractivity contribution in [2.45, 2.75) is 44.3 Å². The maximum Gasteiger partial charge on any atom is 0.234 e. The number of carbonyl (C=O) groups is 1. The van der Waals surface area contributed by atoms with Gasteiger partial charge in [0, 0.05) is 19.3 Å². The molecule has 1 aromatic carbocycles. The lowest BCUT2D eigenvalue weighted by atomic mass is 9.93. The van der Waals surface area contributed by atoms with Crippen molar-refractivity contribution in [2.75, 3.05) is 18.6 Å². The summed E-state index contributed by atoms with van der Waals surface area (Å²) in [4.78, 5) is 13.9. The van der Waals surface area contributed by atoms with Crippen LogP contribution < -0.4 is 4.90 Å². The molecule has 2 aliphatic rings. The zero-order valence-corrected chi connectivity index (χ0v) is 12.0. The third-order valence-corrected chi connectivity index (χ3v) is 4.48. The molecular formula is C16H21NO3. The number of likely N-dealkylation sites (N-methyl/N-ethyl adjacent to an activating group) is 1. The van der Waals surface area contributed by atoms with E-state index in [-0.39, 0.29) is 17.9 Å². The van der Waals surface area contributed by atoms with E-state index in [0.717, 1.165) is 42.7 Å². The number of rotatable bonds is 3. The second-order valence-electron chi connectivity index (χ2n) is 5.67. The Kier molecular flexibility index (Phi) is 3.52. The Morgan fingerprint density at radius 2 is 2.30 bits per heavy atom. The Hall–Kier alpha value is -1.39. The van der Waals surface area contributed by atoms with Gasteiger partial charge in [-0.2, -0.15) is 0 Å². The first-order chi connectivity index (χ1) is 9.63. The maximum atomic E-state index is 12.2. The molecule has 4 nitrogen and oxygen atoms in total. The van der Waals surface area contributed by atoms with Gasteiger partial charge in [0.05, 0.1) is 12.0 Å². The number of aliphatic hydroxyl groups excluding tert-OH is 1. The molecule has 20 heavy (non-hydrogen) atoms. The van der Waals surface area contributed by atoms with E-state index in [2.05, 4.69) is 0 Å². The molecule has 3 unspecified atom stereocenters. The van der Waals surface area contributed by atoms with Crippen molar-refractivity contribution < 1.29 is 14.6 Å². The van der Waals surface area contributed by atoms with Crippen molar-refractivity contribution in [3.05, 3.63) is 29.3 Å². The first kappa shape index (κ1) is 13.6. The number of hydrogen-bond acceptors (Lipinski definition) is 3. The summed E-state index contributed by atoms with van der Waals surface area (Å²) < 4.78 is 5.56. The van der Waals surface area contributed by atoms with Crippen LogP contribution in [0, 0.1) is 0 Å². The molecule has 4 heteroatoms. The highest BCUT2D eigenvalue weighted by molar-refractivity contribution is 6.04. The Bertz CT molecular complexity index is 522. The minimum Gasteiger partial charge on any atom is -0.386 e. The molecule has 0 aliphatic carbocycles. The number of hydrogen-bond donors (Lipinski definition) is 1. The van der Waals surface area contributed by atoms with Crippen LogP contribution in [0.1, 0.15) is 49.3 Å². The lowest BCUT2D eigenvalue weighted by Gasteiger charge is -2.19. The van der Waals surface area contributed by atoms with Crippen molar-refractivity contribution in [1.82, 2.24) is 0 Å². The van der Waals surface area contributed by atoms with E-state index in [4.69, 9.17) is 4.74 Å². The van der Waals surface area contributed by atoms with Crippen LogP contribution in [-0.2, 0) is 9.53 Å². The van der Waals surface area contributed by atoms with Gasteiger partial charge in [-0.1, -0.05) is 19.1 Å². The smallest absolute Gasteiger partial charge is 0.234 e. The van der Waals surface area contributed by atoms with E-state index >= 15 is 0 Å². The van der Waals surface area contributed by atoms with Crippen LogP contribution in [0.15, 0.2) is 18.2 Å². The number of anilines is 1. The summed E-state index contributed by atoms with van der Waals surface area (Å²) in [5.74, 6) is 0.0675. The van der Waals surface area contributed by atoms with Gasteiger partial charge in [0.2, 0.25) is 5.91 Å². The lowest BCUT2D eigenvalue weighted by molar-refractivity contribution is -0.119. The normalized spacial score (nSPS) is 26.9. The van der Waals surface area contributed by atoms with Crippen LogP contribution in [0.4, 0.5) is 5.69 Å². The van der Waals surface area contributed by atoms with Gasteiger partial charge in [0.15, 0.2) is 0 Å². The highest BCUT2D eigenvalue weighted by atomic mass is 16.5. The number of carbonyl (C=O) groups excluding carboxylic acids is 1. The second kappa shape index (κ2) is 5.19. The highest BCUT2D eigenvalue weighted by Gasteiger charge is 2.35. The Balaban J connectivity index is 1.93. The number of nitrogens with zero attached hydrogens (tertiary/aromatic N) is 1. The third kappa shape index (κ3) is 2.03. The molecule has 1 amide bonds. The molecule has 0 aromatic heterocycles. The molecule has 2 heterocycles. The topological polar surface area (TPSA) is 49.8 Å². The van der Waals surface area contributed by atoms with Gasteiger partial charge in [-0.3, -0.25) is 4.79 Å². The monoisotopic (exact) mass is 275 g/mol. The zero-order valence-electron chi connectivity index (χ0n) is 12.0. The predicted molar refractivity (Wildman–Crippen MR) is 76.8 cm³/mol. The predicted octanol–water partition coefficient (Wildman–Crippen LogP) is 2.37. The number of ether oxygens (including phenoxy) is 1. The number of fused-ring (bicyclic) bond motifs is 1. The minimum absolute atomic E-state index is 0.0772. The van der Waals surface area contributed by atoms with Crippen molar-refractivity contribution in [3.63, 3.8) is 0 Å². The third-order valence-electron chi connectivity index (χ3n) is 4.48. The summed E-state index contributed by atoms with van der Waals surface area (Å²) in [6.45, 7) is 2.75. The fourth-order valence-corrected chi connectivity index (χ4v) is 3.29. The Morgan fingerprint density at radius 3 is 2.95 bits per heavy atom. The molecule has 0 saturated carbocycles.